The minimum Gasteiger partial charge on any atom is -0.479 e. The van der Waals surface area contributed by atoms with Gasteiger partial charge in [-0.05, 0) is 44.0 Å². The molecule has 4 N–H and O–H groups in total. The van der Waals surface area contributed by atoms with Crippen molar-refractivity contribution in [3.05, 3.63) is 34.9 Å². The van der Waals surface area contributed by atoms with Crippen molar-refractivity contribution >= 4 is 11.9 Å². The third kappa shape index (κ3) is 4.58. The number of benzene rings is 1. The second-order valence-electron chi connectivity index (χ2n) is 7.57. The first-order valence-corrected chi connectivity index (χ1v) is 9.02. The molecular weight excluding hydrogens is 396 g/mol. The lowest BCUT2D eigenvalue weighted by Gasteiger charge is -2.38. The van der Waals surface area contributed by atoms with Gasteiger partial charge in [0.2, 0.25) is 6.29 Å². The van der Waals surface area contributed by atoms with E-state index >= 15 is 0 Å². The molecule has 160 valence electrons. The molecule has 0 radical (unpaired) electrons. The normalized spacial score (nSPS) is 27.4. The molecule has 0 aliphatic carbocycles. The van der Waals surface area contributed by atoms with Crippen LogP contribution in [-0.2, 0) is 19.7 Å². The van der Waals surface area contributed by atoms with Gasteiger partial charge in [0.25, 0.3) is 0 Å². The second-order valence-corrected chi connectivity index (χ2v) is 7.57. The van der Waals surface area contributed by atoms with E-state index in [1.165, 1.54) is 12.1 Å². The summed E-state index contributed by atoms with van der Waals surface area (Å²) in [4.78, 5) is 23.9. The van der Waals surface area contributed by atoms with E-state index in [1.54, 1.807) is 26.8 Å². The molecule has 1 aromatic rings. The number of hydrogen-bond acceptors (Lipinski definition) is 9. The van der Waals surface area contributed by atoms with E-state index in [-0.39, 0.29) is 5.56 Å². The van der Waals surface area contributed by atoms with E-state index < -0.39 is 54.0 Å². The Hall–Kier alpha value is -3.02. The fourth-order valence-corrected chi connectivity index (χ4v) is 2.84. The summed E-state index contributed by atoms with van der Waals surface area (Å²) in [5.74, 6) is -3.25. The molecule has 10 heteroatoms. The average molecular weight is 418 g/mol. The number of carboxylic acids is 1. The number of rotatable bonds is 5. The van der Waals surface area contributed by atoms with Gasteiger partial charge in [-0.1, -0.05) is 6.07 Å². The molecule has 2 rings (SSSR count). The van der Waals surface area contributed by atoms with E-state index in [1.807, 2.05) is 6.07 Å². The summed E-state index contributed by atoms with van der Waals surface area (Å²) in [6, 6.07) is 8.52. The number of carbonyl (C=O) groups excluding carboxylic acids is 1. The Morgan fingerprint density at radius 3 is 2.30 bits per heavy atom. The predicted octanol–water partition coefficient (Wildman–Crippen LogP) is 0.164. The van der Waals surface area contributed by atoms with Crippen molar-refractivity contribution in [2.45, 2.75) is 62.8 Å². The molecule has 6 atom stereocenters. The van der Waals surface area contributed by atoms with Crippen LogP contribution in [0.15, 0.2) is 18.2 Å². The van der Waals surface area contributed by atoms with Crippen molar-refractivity contribution in [3.63, 3.8) is 0 Å². The van der Waals surface area contributed by atoms with Crippen LogP contribution in [-0.4, -0.2) is 63.1 Å². The van der Waals surface area contributed by atoms with Crippen molar-refractivity contribution in [2.75, 3.05) is 0 Å². The summed E-state index contributed by atoms with van der Waals surface area (Å²) in [5, 5.41) is 57.3. The Kier molecular flexibility index (Phi) is 6.80. The second kappa shape index (κ2) is 8.78. The van der Waals surface area contributed by atoms with Gasteiger partial charge >= 0.3 is 11.9 Å². The van der Waals surface area contributed by atoms with Crippen LogP contribution in [0.2, 0.25) is 0 Å². The van der Waals surface area contributed by atoms with Crippen LogP contribution in [0.25, 0.3) is 0 Å². The van der Waals surface area contributed by atoms with Crippen LogP contribution < -0.4 is 0 Å². The van der Waals surface area contributed by atoms with Crippen molar-refractivity contribution in [3.8, 4) is 12.1 Å². The summed E-state index contributed by atoms with van der Waals surface area (Å²) < 4.78 is 9.99. The maximum Gasteiger partial charge on any atom is 0.340 e. The first-order valence-electron chi connectivity index (χ1n) is 9.02. The zero-order valence-corrected chi connectivity index (χ0v) is 16.5. The minimum atomic E-state index is -1.92. The number of carbonyl (C=O) groups is 2. The smallest absolute Gasteiger partial charge is 0.340 e. The van der Waals surface area contributed by atoms with Gasteiger partial charge in [-0.25, -0.2) is 9.59 Å². The molecule has 1 heterocycles. The number of aliphatic hydroxyl groups excluding tert-OH is 3. The van der Waals surface area contributed by atoms with Gasteiger partial charge in [-0.3, -0.25) is 0 Å². The van der Waals surface area contributed by atoms with Crippen LogP contribution >= 0.6 is 0 Å². The molecule has 0 bridgehead atoms. The van der Waals surface area contributed by atoms with Crippen molar-refractivity contribution in [1.29, 1.82) is 10.5 Å². The number of carboxylic acid groups (broad SMARTS) is 1. The monoisotopic (exact) mass is 418 g/mol. The molecule has 0 amide bonds. The first kappa shape index (κ1) is 23.3. The topological polar surface area (TPSA) is 181 Å². The van der Waals surface area contributed by atoms with Crippen LogP contribution in [0.1, 0.15) is 48.2 Å². The maximum atomic E-state index is 12.7. The molecule has 1 saturated heterocycles. The van der Waals surface area contributed by atoms with Gasteiger partial charge in [0.05, 0.1) is 29.0 Å². The van der Waals surface area contributed by atoms with Gasteiger partial charge in [-0.15, -0.1) is 0 Å². The van der Waals surface area contributed by atoms with E-state index in [4.69, 9.17) is 14.6 Å². The molecule has 10 nitrogen and oxygen atoms in total. The zero-order valence-electron chi connectivity index (χ0n) is 16.5. The number of hydrogen-bond donors (Lipinski definition) is 4. The standard InChI is InChI=1S/C20H22N2O8/c1-9(7-21)10-4-11(6-12(5-10)20(2,3)8-22)18(28)30-19-15(25)13(23)14(24)16(29-19)17(26)27/h4-6,9,13-16,19,23-25H,1-3H3,(H,26,27)/t9?,13-,14-,15+,16-,19?/m0/s1. The Balaban J connectivity index is 2.38. The summed E-state index contributed by atoms with van der Waals surface area (Å²) in [5.41, 5.74) is -0.151. The van der Waals surface area contributed by atoms with E-state index in [0.717, 1.165) is 0 Å². The van der Waals surface area contributed by atoms with Gasteiger partial charge in [0.15, 0.2) is 6.10 Å². The lowest BCUT2D eigenvalue weighted by Crippen LogP contribution is -2.60. The fourth-order valence-electron chi connectivity index (χ4n) is 2.84. The summed E-state index contributed by atoms with van der Waals surface area (Å²) in [6.07, 6.45) is -9.51. The molecule has 1 aliphatic rings. The van der Waals surface area contributed by atoms with Gasteiger partial charge in [-0.2, -0.15) is 10.5 Å². The first-order chi connectivity index (χ1) is 13.9. The summed E-state index contributed by atoms with van der Waals surface area (Å²) in [7, 11) is 0. The molecule has 1 aromatic carbocycles. The Morgan fingerprint density at radius 2 is 1.77 bits per heavy atom. The molecule has 30 heavy (non-hydrogen) atoms. The van der Waals surface area contributed by atoms with Crippen LogP contribution in [0, 0.1) is 22.7 Å². The third-order valence-corrected chi connectivity index (χ3v) is 4.92. The van der Waals surface area contributed by atoms with E-state index in [0.29, 0.717) is 11.1 Å². The predicted molar refractivity (Wildman–Crippen MR) is 98.8 cm³/mol. The Morgan fingerprint density at radius 1 is 1.13 bits per heavy atom. The quantitative estimate of drug-likeness (QED) is 0.481. The van der Waals surface area contributed by atoms with Gasteiger partial charge in [0.1, 0.15) is 18.3 Å². The highest BCUT2D eigenvalue weighted by Gasteiger charge is 2.48. The number of nitriles is 2. The number of nitrogens with zero attached hydrogens (tertiary/aromatic N) is 2. The van der Waals surface area contributed by atoms with Gasteiger partial charge in [0, 0.05) is 0 Å². The lowest BCUT2D eigenvalue weighted by molar-refractivity contribution is -0.278. The number of esters is 1. The number of ether oxygens (including phenoxy) is 2. The minimum absolute atomic E-state index is 0.0591. The van der Waals surface area contributed by atoms with Crippen molar-refractivity contribution in [2.24, 2.45) is 0 Å². The maximum absolute atomic E-state index is 12.7. The van der Waals surface area contributed by atoms with E-state index in [2.05, 4.69) is 6.07 Å². The molecule has 1 aliphatic heterocycles. The average Bonchev–Trinajstić information content (AvgIpc) is 2.72. The Labute approximate surface area is 172 Å². The highest BCUT2D eigenvalue weighted by Crippen LogP contribution is 2.29. The van der Waals surface area contributed by atoms with Gasteiger partial charge < -0.3 is 29.9 Å². The van der Waals surface area contributed by atoms with Crippen LogP contribution in [0.3, 0.4) is 0 Å². The fraction of sp³-hybridized carbons (Fsp3) is 0.500. The molecule has 1 fully saturated rings. The summed E-state index contributed by atoms with van der Waals surface area (Å²) in [6.45, 7) is 4.86. The van der Waals surface area contributed by atoms with Crippen LogP contribution in [0.5, 0.6) is 0 Å². The van der Waals surface area contributed by atoms with Crippen LogP contribution in [0.4, 0.5) is 0 Å². The lowest BCUT2D eigenvalue weighted by atomic mass is 9.83. The molecule has 0 spiro atoms. The number of aliphatic carboxylic acids is 1. The van der Waals surface area contributed by atoms with Crippen molar-refractivity contribution < 1.29 is 39.5 Å². The Bertz CT molecular complexity index is 916. The third-order valence-electron chi connectivity index (χ3n) is 4.92. The molecule has 0 saturated carbocycles. The zero-order chi connectivity index (χ0) is 22.8. The summed E-state index contributed by atoms with van der Waals surface area (Å²) >= 11 is 0. The number of aliphatic hydroxyl groups is 3. The molecular formula is C20H22N2O8. The highest BCUT2D eigenvalue weighted by atomic mass is 16.7. The molecule has 0 aromatic heterocycles. The highest BCUT2D eigenvalue weighted by molar-refractivity contribution is 5.90. The largest absolute Gasteiger partial charge is 0.479 e. The van der Waals surface area contributed by atoms with Crippen molar-refractivity contribution in [1.82, 2.24) is 0 Å². The SMILES string of the molecule is CC(C#N)c1cc(C(=O)OC2O[C@H](C(=O)O)[C@@H](O)[C@H](O)[C@H]2O)cc(C(C)(C)C#N)c1. The van der Waals surface area contributed by atoms with E-state index in [9.17, 15) is 35.4 Å². The molecule has 2 unspecified atom stereocenters.